The van der Waals surface area contributed by atoms with Gasteiger partial charge in [-0.1, -0.05) is 0 Å². The number of methoxy groups -OCH3 is 1. The summed E-state index contributed by atoms with van der Waals surface area (Å²) in [6, 6.07) is 3.15. The number of Topliss-reactive ketones (excluding diaryl/α,β-unsaturated/α-hetero) is 1. The zero-order valence-electron chi connectivity index (χ0n) is 8.20. The number of rotatable bonds is 2. The summed E-state index contributed by atoms with van der Waals surface area (Å²) in [5, 5.41) is 0. The first kappa shape index (κ1) is 9.92. The van der Waals surface area contributed by atoms with Crippen LogP contribution in [0.25, 0.3) is 11.2 Å². The van der Waals surface area contributed by atoms with Gasteiger partial charge < -0.3 is 13.6 Å². The van der Waals surface area contributed by atoms with Crippen LogP contribution in [0.2, 0.25) is 0 Å². The van der Waals surface area contributed by atoms with E-state index < -0.39 is 0 Å². The summed E-state index contributed by atoms with van der Waals surface area (Å²) in [7, 11) is 1.49. The number of hydrogen-bond acceptors (Lipinski definition) is 5. The molecule has 0 bridgehead atoms. The summed E-state index contributed by atoms with van der Waals surface area (Å²) in [5.74, 6) is 0.352. The maximum atomic E-state index is 11.3. The zero-order chi connectivity index (χ0) is 11.0. The summed E-state index contributed by atoms with van der Waals surface area (Å²) >= 11 is 4.74. The first-order valence-electron chi connectivity index (χ1n) is 4.24. The van der Waals surface area contributed by atoms with Gasteiger partial charge in [0.15, 0.2) is 16.9 Å². The van der Waals surface area contributed by atoms with Gasteiger partial charge in [-0.25, -0.2) is 0 Å². The second-order valence-corrected chi connectivity index (χ2v) is 3.34. The van der Waals surface area contributed by atoms with Gasteiger partial charge in [0, 0.05) is 18.3 Å². The van der Waals surface area contributed by atoms with Crippen LogP contribution in [0.5, 0.6) is 5.75 Å². The zero-order valence-corrected chi connectivity index (χ0v) is 9.01. The van der Waals surface area contributed by atoms with Gasteiger partial charge in [0.2, 0.25) is 0 Å². The Kier molecular flexibility index (Phi) is 2.32. The van der Waals surface area contributed by atoms with E-state index in [9.17, 15) is 4.79 Å². The van der Waals surface area contributed by atoms with Gasteiger partial charge in [0.1, 0.15) is 5.75 Å². The Balaban J connectivity index is 2.79. The van der Waals surface area contributed by atoms with Gasteiger partial charge >= 0.3 is 4.90 Å². The van der Waals surface area contributed by atoms with E-state index in [1.54, 1.807) is 12.1 Å². The van der Waals surface area contributed by atoms with Crippen LogP contribution in [0.1, 0.15) is 17.3 Å². The number of carbonyl (C=O) groups is 1. The average Bonchev–Trinajstić information content (AvgIpc) is 2.54. The quantitative estimate of drug-likeness (QED) is 0.579. The first-order valence-corrected chi connectivity index (χ1v) is 4.65. The molecule has 5 heteroatoms. The Morgan fingerprint density at radius 1 is 1.33 bits per heavy atom. The van der Waals surface area contributed by atoms with Crippen LogP contribution in [0.3, 0.4) is 0 Å². The molecule has 0 amide bonds. The van der Waals surface area contributed by atoms with E-state index in [1.807, 2.05) is 0 Å². The molecular formula is C10H8O4S. The predicted octanol–water partition coefficient (Wildman–Crippen LogP) is 2.97. The van der Waals surface area contributed by atoms with E-state index in [0.29, 0.717) is 22.5 Å². The van der Waals surface area contributed by atoms with Crippen LogP contribution >= 0.6 is 12.2 Å². The number of hydrogen-bond donors (Lipinski definition) is 0. The molecule has 2 aromatic rings. The van der Waals surface area contributed by atoms with E-state index in [-0.39, 0.29) is 10.7 Å². The Bertz CT molecular complexity index is 579. The Hall–Kier alpha value is -1.62. The topological polar surface area (TPSA) is 52.6 Å². The molecule has 1 aromatic heterocycles. The molecule has 0 saturated heterocycles. The monoisotopic (exact) mass is 224 g/mol. The molecule has 0 unspecified atom stereocenters. The minimum absolute atomic E-state index is 0.0350. The van der Waals surface area contributed by atoms with Gasteiger partial charge in [-0.15, -0.1) is 0 Å². The molecule has 0 aliphatic carbocycles. The Labute approximate surface area is 90.4 Å². The van der Waals surface area contributed by atoms with E-state index in [4.69, 9.17) is 25.8 Å². The number of benzene rings is 1. The number of ketones is 1. The van der Waals surface area contributed by atoms with Crippen molar-refractivity contribution in [3.63, 3.8) is 0 Å². The Morgan fingerprint density at radius 2 is 1.93 bits per heavy atom. The lowest BCUT2D eigenvalue weighted by Crippen LogP contribution is -1.96. The summed E-state index contributed by atoms with van der Waals surface area (Å²) in [5.41, 5.74) is 1.37. The molecule has 0 spiro atoms. The number of carbonyl (C=O) groups excluding carboxylic acids is 1. The molecule has 4 nitrogen and oxygen atoms in total. The van der Waals surface area contributed by atoms with Crippen LogP contribution in [0.15, 0.2) is 21.0 Å². The lowest BCUT2D eigenvalue weighted by atomic mass is 10.1. The molecule has 0 atom stereocenters. The van der Waals surface area contributed by atoms with Crippen molar-refractivity contribution in [1.82, 2.24) is 0 Å². The minimum atomic E-state index is -0.101. The van der Waals surface area contributed by atoms with Crippen molar-refractivity contribution in [1.29, 1.82) is 0 Å². The highest BCUT2D eigenvalue weighted by Gasteiger charge is 2.13. The molecule has 0 fully saturated rings. The van der Waals surface area contributed by atoms with E-state index >= 15 is 0 Å². The molecule has 15 heavy (non-hydrogen) atoms. The van der Waals surface area contributed by atoms with Crippen LogP contribution in [-0.4, -0.2) is 12.9 Å². The van der Waals surface area contributed by atoms with Crippen molar-refractivity contribution in [2.24, 2.45) is 0 Å². The van der Waals surface area contributed by atoms with Crippen LogP contribution in [0, 0.1) is 4.90 Å². The largest absolute Gasteiger partial charge is 0.496 e. The molecule has 2 rings (SSSR count). The fourth-order valence-electron chi connectivity index (χ4n) is 1.35. The third-order valence-electron chi connectivity index (χ3n) is 2.03. The van der Waals surface area contributed by atoms with Crippen LogP contribution < -0.4 is 4.74 Å². The van der Waals surface area contributed by atoms with Gasteiger partial charge in [0.05, 0.1) is 12.7 Å². The number of ether oxygens (including phenoxy) is 1. The highest BCUT2D eigenvalue weighted by Crippen LogP contribution is 2.27. The fraction of sp³-hybridized carbons (Fsp3) is 0.200. The maximum absolute atomic E-state index is 11.3. The standard InChI is InChI=1S/C10H8O4S/c1-5(11)6-3-8-9(4-7(6)12-2)14-10(15)13-8/h3-4H,1-2H3. The smallest absolute Gasteiger partial charge is 0.363 e. The average molecular weight is 224 g/mol. The first-order chi connectivity index (χ1) is 7.11. The highest BCUT2D eigenvalue weighted by molar-refractivity contribution is 7.71. The fourth-order valence-corrected chi connectivity index (χ4v) is 1.52. The minimum Gasteiger partial charge on any atom is -0.496 e. The van der Waals surface area contributed by atoms with Gasteiger partial charge in [-0.3, -0.25) is 4.79 Å². The van der Waals surface area contributed by atoms with Crippen molar-refractivity contribution in [3.05, 3.63) is 22.6 Å². The molecule has 78 valence electrons. The molecule has 0 saturated carbocycles. The van der Waals surface area contributed by atoms with E-state index in [0.717, 1.165) is 0 Å². The summed E-state index contributed by atoms with van der Waals surface area (Å²) < 4.78 is 15.3. The van der Waals surface area contributed by atoms with Gasteiger partial charge in [-0.05, 0) is 13.0 Å². The highest BCUT2D eigenvalue weighted by atomic mass is 32.1. The molecule has 1 heterocycles. The van der Waals surface area contributed by atoms with Gasteiger partial charge in [0.25, 0.3) is 0 Å². The third kappa shape index (κ3) is 1.66. The van der Waals surface area contributed by atoms with E-state index in [1.165, 1.54) is 14.0 Å². The van der Waals surface area contributed by atoms with Crippen molar-refractivity contribution in [2.45, 2.75) is 6.92 Å². The second kappa shape index (κ2) is 3.51. The SMILES string of the molecule is COc1cc2oc(=S)oc2cc1C(C)=O. The summed E-state index contributed by atoms with van der Waals surface area (Å²) in [6.45, 7) is 1.46. The van der Waals surface area contributed by atoms with Crippen molar-refractivity contribution >= 4 is 29.2 Å². The van der Waals surface area contributed by atoms with Crippen molar-refractivity contribution < 1.29 is 18.4 Å². The molecule has 0 N–H and O–H groups in total. The third-order valence-corrected chi connectivity index (χ3v) is 2.20. The van der Waals surface area contributed by atoms with Crippen LogP contribution in [-0.2, 0) is 0 Å². The molecule has 0 aliphatic heterocycles. The normalized spacial score (nSPS) is 10.5. The Morgan fingerprint density at radius 3 is 2.47 bits per heavy atom. The second-order valence-electron chi connectivity index (χ2n) is 3.01. The van der Waals surface area contributed by atoms with Crippen molar-refractivity contribution in [3.8, 4) is 5.75 Å². The van der Waals surface area contributed by atoms with Crippen LogP contribution in [0.4, 0.5) is 0 Å². The molecule has 0 aliphatic rings. The molecular weight excluding hydrogens is 216 g/mol. The summed E-state index contributed by atoms with van der Waals surface area (Å²) in [6.07, 6.45) is 0. The summed E-state index contributed by atoms with van der Waals surface area (Å²) in [4.78, 5) is 11.3. The lowest BCUT2D eigenvalue weighted by Gasteiger charge is -2.03. The maximum Gasteiger partial charge on any atom is 0.363 e. The van der Waals surface area contributed by atoms with Gasteiger partial charge in [-0.2, -0.15) is 0 Å². The van der Waals surface area contributed by atoms with E-state index in [2.05, 4.69) is 0 Å². The number of fused-ring (bicyclic) bond motifs is 1. The lowest BCUT2D eigenvalue weighted by molar-refractivity contribution is 0.101. The molecule has 1 aromatic carbocycles. The van der Waals surface area contributed by atoms with Crippen molar-refractivity contribution in [2.75, 3.05) is 7.11 Å². The molecule has 0 radical (unpaired) electrons. The predicted molar refractivity (Wildman–Crippen MR) is 55.9 cm³/mol.